The average molecular weight is 396 g/mol. The molecule has 2 aromatic carbocycles. The van der Waals surface area contributed by atoms with Gasteiger partial charge < -0.3 is 14.0 Å². The van der Waals surface area contributed by atoms with E-state index in [-0.39, 0.29) is 24.8 Å². The first kappa shape index (κ1) is 20.2. The Morgan fingerprint density at radius 2 is 1.72 bits per heavy atom. The van der Waals surface area contributed by atoms with Crippen molar-refractivity contribution in [3.63, 3.8) is 0 Å². The van der Waals surface area contributed by atoms with Gasteiger partial charge >= 0.3 is 0 Å². The Kier molecular flexibility index (Phi) is 6.33. The molecule has 0 saturated heterocycles. The number of aryl methyl sites for hydroxylation is 1. The second kappa shape index (κ2) is 9.09. The minimum absolute atomic E-state index is 0.0698. The SMILES string of the molecule is CCc1nc2ccccc2n1CC(=O)NNC(=O)Cc1ccc(OC)c(OC)c1. The molecule has 1 aromatic heterocycles. The number of nitrogens with one attached hydrogen (secondary N) is 2. The molecular formula is C21H24N4O4. The van der Waals surface area contributed by atoms with Crippen molar-refractivity contribution in [2.75, 3.05) is 14.2 Å². The van der Waals surface area contributed by atoms with Gasteiger partial charge in [0, 0.05) is 6.42 Å². The number of para-hydroxylation sites is 2. The number of nitrogens with zero attached hydrogens (tertiary/aromatic N) is 2. The molecule has 3 rings (SSSR count). The van der Waals surface area contributed by atoms with Crippen molar-refractivity contribution in [3.8, 4) is 11.5 Å². The van der Waals surface area contributed by atoms with E-state index in [1.165, 1.54) is 7.11 Å². The topological polar surface area (TPSA) is 94.5 Å². The summed E-state index contributed by atoms with van der Waals surface area (Å²) in [6.07, 6.45) is 0.794. The lowest BCUT2D eigenvalue weighted by Crippen LogP contribution is -2.43. The highest BCUT2D eigenvalue weighted by molar-refractivity contribution is 5.84. The van der Waals surface area contributed by atoms with Crippen LogP contribution in [0.25, 0.3) is 11.0 Å². The van der Waals surface area contributed by atoms with Crippen LogP contribution in [0.5, 0.6) is 11.5 Å². The van der Waals surface area contributed by atoms with E-state index in [0.717, 1.165) is 22.4 Å². The van der Waals surface area contributed by atoms with Crippen LogP contribution < -0.4 is 20.3 Å². The molecule has 0 aliphatic carbocycles. The van der Waals surface area contributed by atoms with E-state index < -0.39 is 0 Å². The molecule has 2 N–H and O–H groups in total. The summed E-state index contributed by atoms with van der Waals surface area (Å²) in [6, 6.07) is 12.9. The van der Waals surface area contributed by atoms with Crippen LogP contribution >= 0.6 is 0 Å². The van der Waals surface area contributed by atoms with E-state index in [1.54, 1.807) is 25.3 Å². The van der Waals surface area contributed by atoms with Crippen LogP contribution in [0.3, 0.4) is 0 Å². The van der Waals surface area contributed by atoms with Gasteiger partial charge in [0.15, 0.2) is 11.5 Å². The van der Waals surface area contributed by atoms with Crippen LogP contribution in [0, 0.1) is 0 Å². The maximum Gasteiger partial charge on any atom is 0.258 e. The van der Waals surface area contributed by atoms with Crippen molar-refractivity contribution >= 4 is 22.8 Å². The number of carbonyl (C=O) groups excluding carboxylic acids is 2. The predicted octanol–water partition coefficient (Wildman–Crippen LogP) is 2.01. The lowest BCUT2D eigenvalue weighted by molar-refractivity contribution is -0.128. The maximum absolute atomic E-state index is 12.4. The predicted molar refractivity (Wildman–Crippen MR) is 109 cm³/mol. The van der Waals surface area contributed by atoms with Crippen molar-refractivity contribution in [2.24, 2.45) is 0 Å². The minimum Gasteiger partial charge on any atom is -0.493 e. The fraction of sp³-hybridized carbons (Fsp3) is 0.286. The van der Waals surface area contributed by atoms with Crippen molar-refractivity contribution in [1.82, 2.24) is 20.4 Å². The Labute approximate surface area is 168 Å². The zero-order valence-electron chi connectivity index (χ0n) is 16.7. The Morgan fingerprint density at radius 1 is 1.00 bits per heavy atom. The van der Waals surface area contributed by atoms with E-state index in [1.807, 2.05) is 35.8 Å². The molecule has 0 spiro atoms. The molecule has 29 heavy (non-hydrogen) atoms. The van der Waals surface area contributed by atoms with Gasteiger partial charge in [-0.2, -0.15) is 0 Å². The van der Waals surface area contributed by atoms with Crippen molar-refractivity contribution in [2.45, 2.75) is 26.3 Å². The van der Waals surface area contributed by atoms with Crippen LogP contribution in [-0.4, -0.2) is 35.6 Å². The third-order valence-corrected chi connectivity index (χ3v) is 4.51. The first-order chi connectivity index (χ1) is 14.0. The molecule has 152 valence electrons. The molecular weight excluding hydrogens is 372 g/mol. The molecule has 0 saturated carbocycles. The molecule has 1 heterocycles. The monoisotopic (exact) mass is 396 g/mol. The lowest BCUT2D eigenvalue weighted by atomic mass is 10.1. The molecule has 8 nitrogen and oxygen atoms in total. The number of rotatable bonds is 7. The summed E-state index contributed by atoms with van der Waals surface area (Å²) in [5, 5.41) is 0. The molecule has 2 amide bonds. The zero-order chi connectivity index (χ0) is 20.8. The molecule has 0 unspecified atom stereocenters. The van der Waals surface area contributed by atoms with Crippen LogP contribution in [0.4, 0.5) is 0 Å². The number of aromatic nitrogens is 2. The average Bonchev–Trinajstić information content (AvgIpc) is 3.09. The van der Waals surface area contributed by atoms with Crippen molar-refractivity contribution in [1.29, 1.82) is 0 Å². The van der Waals surface area contributed by atoms with Gasteiger partial charge in [0.25, 0.3) is 5.91 Å². The second-order valence-electron chi connectivity index (χ2n) is 6.42. The van der Waals surface area contributed by atoms with Gasteiger partial charge in [-0.3, -0.25) is 20.4 Å². The van der Waals surface area contributed by atoms with Gasteiger partial charge in [-0.25, -0.2) is 4.98 Å². The number of hydrogen-bond acceptors (Lipinski definition) is 5. The molecule has 0 atom stereocenters. The number of hydrazine groups is 1. The van der Waals surface area contributed by atoms with E-state index in [9.17, 15) is 9.59 Å². The van der Waals surface area contributed by atoms with Crippen molar-refractivity contribution in [3.05, 3.63) is 53.9 Å². The summed E-state index contributed by atoms with van der Waals surface area (Å²) in [4.78, 5) is 29.1. The highest BCUT2D eigenvalue weighted by atomic mass is 16.5. The summed E-state index contributed by atoms with van der Waals surface area (Å²) in [6.45, 7) is 2.06. The summed E-state index contributed by atoms with van der Waals surface area (Å²) >= 11 is 0. The highest BCUT2D eigenvalue weighted by Gasteiger charge is 2.13. The van der Waals surface area contributed by atoms with Gasteiger partial charge in [0.05, 0.1) is 31.7 Å². The smallest absolute Gasteiger partial charge is 0.258 e. The summed E-state index contributed by atoms with van der Waals surface area (Å²) in [5.74, 6) is 1.28. The molecule has 8 heteroatoms. The molecule has 0 radical (unpaired) electrons. The fourth-order valence-electron chi connectivity index (χ4n) is 3.11. The summed E-state index contributed by atoms with van der Waals surface area (Å²) < 4.78 is 12.3. The fourth-order valence-corrected chi connectivity index (χ4v) is 3.11. The Bertz CT molecular complexity index is 1030. The third-order valence-electron chi connectivity index (χ3n) is 4.51. The van der Waals surface area contributed by atoms with Crippen LogP contribution in [0.15, 0.2) is 42.5 Å². The molecule has 0 aliphatic rings. The standard InChI is InChI=1S/C21H24N4O4/c1-4-19-22-15-7-5-6-8-16(15)25(19)13-21(27)24-23-20(26)12-14-9-10-17(28-2)18(11-14)29-3/h5-11H,4,12-13H2,1-3H3,(H,23,26)(H,24,27). The molecule has 0 aliphatic heterocycles. The van der Waals surface area contributed by atoms with E-state index in [0.29, 0.717) is 17.9 Å². The number of imidazole rings is 1. The largest absolute Gasteiger partial charge is 0.493 e. The Morgan fingerprint density at radius 3 is 2.45 bits per heavy atom. The Balaban J connectivity index is 1.59. The Hall–Kier alpha value is -3.55. The highest BCUT2D eigenvalue weighted by Crippen LogP contribution is 2.27. The second-order valence-corrected chi connectivity index (χ2v) is 6.42. The third kappa shape index (κ3) is 4.66. The molecule has 0 fully saturated rings. The van der Waals surface area contributed by atoms with Gasteiger partial charge in [-0.1, -0.05) is 25.1 Å². The number of hydrogen-bond donors (Lipinski definition) is 2. The van der Waals surface area contributed by atoms with Crippen LogP contribution in [0.2, 0.25) is 0 Å². The lowest BCUT2D eigenvalue weighted by Gasteiger charge is -2.11. The summed E-state index contributed by atoms with van der Waals surface area (Å²) in [5.41, 5.74) is 7.38. The van der Waals surface area contributed by atoms with Gasteiger partial charge in [0.2, 0.25) is 5.91 Å². The number of carbonyl (C=O) groups is 2. The number of ether oxygens (including phenoxy) is 2. The van der Waals surface area contributed by atoms with Crippen molar-refractivity contribution < 1.29 is 19.1 Å². The summed E-state index contributed by atoms with van der Waals surface area (Å²) in [7, 11) is 3.08. The number of amides is 2. The first-order valence-corrected chi connectivity index (χ1v) is 9.28. The van der Waals surface area contributed by atoms with Gasteiger partial charge in [-0.05, 0) is 29.8 Å². The quantitative estimate of drug-likeness (QED) is 0.596. The van der Waals surface area contributed by atoms with Crippen LogP contribution in [0.1, 0.15) is 18.3 Å². The van der Waals surface area contributed by atoms with Gasteiger partial charge in [0.1, 0.15) is 12.4 Å². The van der Waals surface area contributed by atoms with E-state index in [4.69, 9.17) is 9.47 Å². The van der Waals surface area contributed by atoms with E-state index in [2.05, 4.69) is 15.8 Å². The number of methoxy groups -OCH3 is 2. The maximum atomic E-state index is 12.4. The first-order valence-electron chi connectivity index (χ1n) is 9.28. The number of fused-ring (bicyclic) bond motifs is 1. The molecule has 3 aromatic rings. The molecule has 0 bridgehead atoms. The normalized spacial score (nSPS) is 10.6. The van der Waals surface area contributed by atoms with Gasteiger partial charge in [-0.15, -0.1) is 0 Å². The number of benzene rings is 2. The minimum atomic E-state index is -0.336. The zero-order valence-corrected chi connectivity index (χ0v) is 16.7. The van der Waals surface area contributed by atoms with Crippen LogP contribution in [-0.2, 0) is 29.0 Å². The van der Waals surface area contributed by atoms with E-state index >= 15 is 0 Å².